The van der Waals surface area contributed by atoms with Gasteiger partial charge in [0.15, 0.2) is 16.4 Å². The Bertz CT molecular complexity index is 892. The second-order valence-electron chi connectivity index (χ2n) is 7.16. The van der Waals surface area contributed by atoms with Gasteiger partial charge in [0.05, 0.1) is 10.1 Å². The number of halogens is 2. The molecule has 3 rings (SSSR count). The van der Waals surface area contributed by atoms with Gasteiger partial charge in [-0.2, -0.15) is 8.78 Å². The highest BCUT2D eigenvalue weighted by Gasteiger charge is 2.35. The van der Waals surface area contributed by atoms with Crippen molar-refractivity contribution in [3.05, 3.63) is 59.7 Å². The van der Waals surface area contributed by atoms with Gasteiger partial charge in [-0.1, -0.05) is 37.1 Å². The third-order valence-corrected chi connectivity index (χ3v) is 7.36. The molecule has 0 bridgehead atoms. The van der Waals surface area contributed by atoms with Gasteiger partial charge in [0.1, 0.15) is 5.75 Å². The van der Waals surface area contributed by atoms with Crippen molar-refractivity contribution in [3.63, 3.8) is 0 Å². The number of nitrogens with two attached hydrogens (primary N) is 1. The van der Waals surface area contributed by atoms with Gasteiger partial charge in [-0.15, -0.1) is 0 Å². The van der Waals surface area contributed by atoms with Gasteiger partial charge in [0.25, 0.3) is 0 Å². The van der Waals surface area contributed by atoms with Crippen LogP contribution in [-0.2, 0) is 22.2 Å². The van der Waals surface area contributed by atoms with Crippen molar-refractivity contribution in [2.45, 2.75) is 48.2 Å². The minimum Gasteiger partial charge on any atom is -0.487 e. The van der Waals surface area contributed by atoms with Gasteiger partial charge in [-0.05, 0) is 55.6 Å². The van der Waals surface area contributed by atoms with Gasteiger partial charge in [-0.25, -0.2) is 8.42 Å². The Kier molecular flexibility index (Phi) is 6.35. The van der Waals surface area contributed by atoms with E-state index in [9.17, 15) is 17.2 Å². The Morgan fingerprint density at radius 1 is 1.07 bits per heavy atom. The summed E-state index contributed by atoms with van der Waals surface area (Å²) in [6.45, 7) is -0.353. The van der Waals surface area contributed by atoms with Crippen LogP contribution in [0.3, 0.4) is 0 Å². The zero-order valence-electron chi connectivity index (χ0n) is 15.6. The van der Waals surface area contributed by atoms with Crippen molar-refractivity contribution >= 4 is 9.84 Å². The van der Waals surface area contributed by atoms with Crippen LogP contribution in [0.2, 0.25) is 0 Å². The van der Waals surface area contributed by atoms with E-state index < -0.39 is 27.6 Å². The minimum atomic E-state index is -3.58. The molecule has 2 N–H and O–H groups in total. The Balaban J connectivity index is 1.72. The smallest absolute Gasteiger partial charge is 0.306 e. The van der Waals surface area contributed by atoms with Gasteiger partial charge >= 0.3 is 5.92 Å². The first-order chi connectivity index (χ1) is 13.3. The van der Waals surface area contributed by atoms with E-state index in [0.717, 1.165) is 24.5 Å². The van der Waals surface area contributed by atoms with Gasteiger partial charge in [-0.3, -0.25) is 0 Å². The normalized spacial score (nSPS) is 15.7. The summed E-state index contributed by atoms with van der Waals surface area (Å²) in [5.41, 5.74) is 6.14. The summed E-state index contributed by atoms with van der Waals surface area (Å²) in [4.78, 5) is -0.0392. The summed E-state index contributed by atoms with van der Waals surface area (Å²) in [6.07, 6.45) is 3.60. The van der Waals surface area contributed by atoms with Gasteiger partial charge in [0.2, 0.25) is 0 Å². The zero-order chi connectivity index (χ0) is 20.2. The zero-order valence-corrected chi connectivity index (χ0v) is 16.4. The molecule has 28 heavy (non-hydrogen) atoms. The van der Waals surface area contributed by atoms with E-state index in [1.165, 1.54) is 18.2 Å². The largest absolute Gasteiger partial charge is 0.487 e. The lowest BCUT2D eigenvalue weighted by atomic mass is 10.1. The lowest BCUT2D eigenvalue weighted by Gasteiger charge is -2.19. The molecule has 0 heterocycles. The molecule has 0 radical (unpaired) electrons. The highest BCUT2D eigenvalue weighted by atomic mass is 32.2. The standard InChI is InChI=1S/C21H25F2NO3S/c22-21(23,15-27-18-10-8-16(9-11-18)12-13-24)17-4-3-7-20(14-17)28(25,26)19-5-1-2-6-19/h3-4,7-11,14,19H,1-2,5-6,12-13,15,24H2. The summed E-state index contributed by atoms with van der Waals surface area (Å²) < 4.78 is 59.9. The van der Waals surface area contributed by atoms with E-state index in [-0.39, 0.29) is 10.5 Å². The molecule has 0 aliphatic heterocycles. The number of benzene rings is 2. The molecule has 0 spiro atoms. The van der Waals surface area contributed by atoms with Crippen LogP contribution in [0, 0.1) is 0 Å². The van der Waals surface area contributed by atoms with Crippen LogP contribution in [0.4, 0.5) is 8.78 Å². The number of hydrogen-bond acceptors (Lipinski definition) is 4. The second-order valence-corrected chi connectivity index (χ2v) is 9.38. The molecule has 1 saturated carbocycles. The molecular weight excluding hydrogens is 384 g/mol. The Morgan fingerprint density at radius 3 is 2.39 bits per heavy atom. The Hall–Kier alpha value is -1.99. The summed E-state index contributed by atoms with van der Waals surface area (Å²) in [6, 6.07) is 11.9. The van der Waals surface area contributed by atoms with Crippen molar-refractivity contribution in [2.75, 3.05) is 13.2 Å². The van der Waals surface area contributed by atoms with Crippen molar-refractivity contribution in [2.24, 2.45) is 5.73 Å². The second kappa shape index (κ2) is 8.57. The van der Waals surface area contributed by atoms with Crippen molar-refractivity contribution in [1.82, 2.24) is 0 Å². The van der Waals surface area contributed by atoms with Gasteiger partial charge < -0.3 is 10.5 Å². The molecule has 152 valence electrons. The number of ether oxygens (including phenoxy) is 1. The SMILES string of the molecule is NCCc1ccc(OCC(F)(F)c2cccc(S(=O)(=O)C3CCCC3)c2)cc1. The molecule has 2 aromatic carbocycles. The first kappa shape index (κ1) is 20.7. The lowest BCUT2D eigenvalue weighted by molar-refractivity contribution is -0.0468. The van der Waals surface area contributed by atoms with E-state index in [1.54, 1.807) is 24.3 Å². The molecule has 0 amide bonds. The van der Waals surface area contributed by atoms with Crippen molar-refractivity contribution in [3.8, 4) is 5.75 Å². The Labute approximate surface area is 164 Å². The fraction of sp³-hybridized carbons (Fsp3) is 0.429. The maximum absolute atomic E-state index is 14.7. The maximum Gasteiger partial charge on any atom is 0.306 e. The predicted molar refractivity (Wildman–Crippen MR) is 104 cm³/mol. The number of hydrogen-bond donors (Lipinski definition) is 1. The van der Waals surface area contributed by atoms with Crippen LogP contribution in [-0.4, -0.2) is 26.8 Å². The van der Waals surface area contributed by atoms with E-state index in [0.29, 0.717) is 31.6 Å². The molecule has 2 aromatic rings. The number of rotatable bonds is 8. The summed E-state index contributed by atoms with van der Waals surface area (Å²) in [7, 11) is -3.58. The highest BCUT2D eigenvalue weighted by molar-refractivity contribution is 7.92. The van der Waals surface area contributed by atoms with Gasteiger partial charge in [0, 0.05) is 5.56 Å². The number of sulfone groups is 1. The monoisotopic (exact) mass is 409 g/mol. The van der Waals surface area contributed by atoms with Crippen LogP contribution in [0.1, 0.15) is 36.8 Å². The average molecular weight is 409 g/mol. The fourth-order valence-corrected chi connectivity index (χ4v) is 5.37. The molecule has 1 aliphatic rings. The summed E-state index contributed by atoms with van der Waals surface area (Å²) >= 11 is 0. The predicted octanol–water partition coefficient (Wildman–Crippen LogP) is 4.07. The van der Waals surface area contributed by atoms with Crippen LogP contribution in [0.5, 0.6) is 5.75 Å². The van der Waals surface area contributed by atoms with Crippen LogP contribution >= 0.6 is 0 Å². The molecule has 0 unspecified atom stereocenters. The average Bonchev–Trinajstić information content (AvgIpc) is 3.24. The first-order valence-electron chi connectivity index (χ1n) is 9.47. The fourth-order valence-electron chi connectivity index (χ4n) is 3.47. The maximum atomic E-state index is 14.7. The quantitative estimate of drug-likeness (QED) is 0.713. The van der Waals surface area contributed by atoms with Crippen molar-refractivity contribution in [1.29, 1.82) is 0 Å². The molecule has 1 fully saturated rings. The lowest BCUT2D eigenvalue weighted by Crippen LogP contribution is -2.24. The molecule has 0 saturated heterocycles. The van der Waals surface area contributed by atoms with Crippen LogP contribution < -0.4 is 10.5 Å². The van der Waals surface area contributed by atoms with E-state index >= 15 is 0 Å². The molecular formula is C21H25F2NO3S. The molecule has 7 heteroatoms. The third kappa shape index (κ3) is 4.70. The summed E-state index contributed by atoms with van der Waals surface area (Å²) in [5.74, 6) is -2.98. The van der Waals surface area contributed by atoms with Crippen LogP contribution in [0.25, 0.3) is 0 Å². The Morgan fingerprint density at radius 2 is 1.75 bits per heavy atom. The van der Waals surface area contributed by atoms with Crippen molar-refractivity contribution < 1.29 is 21.9 Å². The van der Waals surface area contributed by atoms with Crippen LogP contribution in [0.15, 0.2) is 53.4 Å². The molecule has 1 aliphatic carbocycles. The van der Waals surface area contributed by atoms with E-state index in [4.69, 9.17) is 10.5 Å². The summed E-state index contributed by atoms with van der Waals surface area (Å²) in [5, 5.41) is -0.473. The molecule has 0 aromatic heterocycles. The first-order valence-corrected chi connectivity index (χ1v) is 11.0. The highest BCUT2D eigenvalue weighted by Crippen LogP contribution is 2.34. The topological polar surface area (TPSA) is 69.4 Å². The van der Waals surface area contributed by atoms with E-state index in [1.807, 2.05) is 0 Å². The minimum absolute atomic E-state index is 0.0392. The number of alkyl halides is 2. The molecule has 4 nitrogen and oxygen atoms in total. The third-order valence-electron chi connectivity index (χ3n) is 5.10. The van der Waals surface area contributed by atoms with E-state index in [2.05, 4.69) is 0 Å². The molecule has 0 atom stereocenters.